The van der Waals surface area contributed by atoms with E-state index in [1.54, 1.807) is 22.8 Å². The van der Waals surface area contributed by atoms with Crippen molar-refractivity contribution in [1.29, 1.82) is 0 Å². The van der Waals surface area contributed by atoms with Crippen LogP contribution in [0.3, 0.4) is 0 Å². The van der Waals surface area contributed by atoms with Crippen LogP contribution in [0.1, 0.15) is 33.6 Å². The zero-order valence-corrected chi connectivity index (χ0v) is 13.9. The topological polar surface area (TPSA) is 95.9 Å². The molecule has 0 radical (unpaired) electrons. The van der Waals surface area contributed by atoms with Crippen LogP contribution in [-0.2, 0) is 10.3 Å². The number of rotatable bonds is 2. The molecular weight excluding hydrogens is 296 g/mol. The van der Waals surface area contributed by atoms with E-state index < -0.39 is 0 Å². The van der Waals surface area contributed by atoms with E-state index in [2.05, 4.69) is 20.4 Å². The zero-order valence-electron chi connectivity index (χ0n) is 13.9. The van der Waals surface area contributed by atoms with Crippen LogP contribution in [0.2, 0.25) is 0 Å². The van der Waals surface area contributed by atoms with Gasteiger partial charge in [-0.3, -0.25) is 14.6 Å². The molecule has 124 valence electrons. The molecule has 8 nitrogen and oxygen atoms in total. The fraction of sp³-hybridized carbons (Fsp3) is 0.600. The van der Waals surface area contributed by atoms with Crippen molar-refractivity contribution in [3.05, 3.63) is 16.6 Å². The van der Waals surface area contributed by atoms with Crippen LogP contribution in [0.4, 0.5) is 5.95 Å². The first-order valence-electron chi connectivity index (χ1n) is 7.75. The predicted octanol–water partition coefficient (Wildman–Crippen LogP) is 0.907. The molecule has 1 aliphatic rings. The van der Waals surface area contributed by atoms with Crippen molar-refractivity contribution in [2.45, 2.75) is 45.2 Å². The second-order valence-electron chi connectivity index (χ2n) is 7.03. The number of aromatic nitrogens is 4. The fourth-order valence-electron chi connectivity index (χ4n) is 2.80. The van der Waals surface area contributed by atoms with Gasteiger partial charge in [-0.1, -0.05) is 0 Å². The third-order valence-corrected chi connectivity index (χ3v) is 4.04. The van der Waals surface area contributed by atoms with Gasteiger partial charge < -0.3 is 10.2 Å². The molecule has 0 bridgehead atoms. The number of piperidine rings is 1. The second kappa shape index (κ2) is 5.36. The number of nitrogens with zero attached hydrogens (tertiary/aromatic N) is 4. The Hall–Kier alpha value is -2.38. The molecule has 3 rings (SSSR count). The van der Waals surface area contributed by atoms with Crippen molar-refractivity contribution in [3.8, 4) is 0 Å². The van der Waals surface area contributed by atoms with Gasteiger partial charge in [-0.05, 0) is 27.2 Å². The maximum Gasteiger partial charge on any atom is 0.263 e. The van der Waals surface area contributed by atoms with Gasteiger partial charge in [-0.2, -0.15) is 10.1 Å². The summed E-state index contributed by atoms with van der Waals surface area (Å²) in [5.74, 6) is 0.562. The normalized spacial score (nSPS) is 19.4. The summed E-state index contributed by atoms with van der Waals surface area (Å²) in [5.41, 5.74) is 0.0781. The number of amides is 1. The van der Waals surface area contributed by atoms with Gasteiger partial charge in [-0.15, -0.1) is 0 Å². The average molecular weight is 318 g/mol. The lowest BCUT2D eigenvalue weighted by Gasteiger charge is -2.30. The summed E-state index contributed by atoms with van der Waals surface area (Å²) in [7, 11) is 1.78. The van der Waals surface area contributed by atoms with Gasteiger partial charge in [0.05, 0.1) is 11.7 Å². The zero-order chi connectivity index (χ0) is 16.8. The number of fused-ring (bicyclic) bond motifs is 1. The summed E-state index contributed by atoms with van der Waals surface area (Å²) in [5, 5.41) is 8.00. The summed E-state index contributed by atoms with van der Waals surface area (Å²) in [6.45, 7) is 6.63. The minimum Gasteiger partial charge on any atom is -0.351 e. The monoisotopic (exact) mass is 318 g/mol. The van der Waals surface area contributed by atoms with Gasteiger partial charge >= 0.3 is 0 Å². The van der Waals surface area contributed by atoms with Crippen LogP contribution in [0, 0.1) is 0 Å². The molecule has 0 aromatic carbocycles. The SMILES string of the molecule is CN1C[C@@H](Nc2nc3c(cnn3C(C)(C)C)c(=O)[nH]2)CCC1=O. The van der Waals surface area contributed by atoms with E-state index in [0.29, 0.717) is 29.9 Å². The Kier molecular flexibility index (Phi) is 3.62. The quantitative estimate of drug-likeness (QED) is 0.858. The number of hydrogen-bond acceptors (Lipinski definition) is 5. The Bertz CT molecular complexity index is 800. The molecule has 0 spiro atoms. The highest BCUT2D eigenvalue weighted by molar-refractivity contribution is 5.77. The molecule has 1 saturated heterocycles. The van der Waals surface area contributed by atoms with E-state index in [-0.39, 0.29) is 23.0 Å². The number of anilines is 1. The number of H-pyrrole nitrogens is 1. The number of carbonyl (C=O) groups is 1. The van der Waals surface area contributed by atoms with Gasteiger partial charge in [-0.25, -0.2) is 4.68 Å². The first-order chi connectivity index (χ1) is 10.8. The van der Waals surface area contributed by atoms with E-state index in [9.17, 15) is 9.59 Å². The molecule has 2 aromatic rings. The molecule has 1 amide bonds. The van der Waals surface area contributed by atoms with Crippen molar-refractivity contribution in [2.75, 3.05) is 18.9 Å². The first-order valence-corrected chi connectivity index (χ1v) is 7.75. The van der Waals surface area contributed by atoms with Crippen molar-refractivity contribution < 1.29 is 4.79 Å². The largest absolute Gasteiger partial charge is 0.351 e. The highest BCUT2D eigenvalue weighted by Crippen LogP contribution is 2.19. The van der Waals surface area contributed by atoms with Gasteiger partial charge in [0.1, 0.15) is 5.39 Å². The number of carbonyl (C=O) groups excluding carboxylic acids is 1. The third-order valence-electron chi connectivity index (χ3n) is 4.04. The van der Waals surface area contributed by atoms with Gasteiger partial charge in [0.15, 0.2) is 5.65 Å². The molecule has 2 N–H and O–H groups in total. The van der Waals surface area contributed by atoms with Gasteiger partial charge in [0.25, 0.3) is 5.56 Å². The summed E-state index contributed by atoms with van der Waals surface area (Å²) in [4.78, 5) is 32.8. The number of aromatic amines is 1. The maximum atomic E-state index is 12.2. The van der Waals surface area contributed by atoms with E-state index in [1.807, 2.05) is 20.8 Å². The van der Waals surface area contributed by atoms with Crippen LogP contribution in [0.5, 0.6) is 0 Å². The van der Waals surface area contributed by atoms with Crippen LogP contribution >= 0.6 is 0 Å². The molecule has 1 atom stereocenters. The summed E-state index contributed by atoms with van der Waals surface area (Å²) in [6.07, 6.45) is 2.77. The molecule has 8 heteroatoms. The molecule has 23 heavy (non-hydrogen) atoms. The number of nitrogens with one attached hydrogen (secondary N) is 2. The minimum absolute atomic E-state index is 0.0734. The number of hydrogen-bond donors (Lipinski definition) is 2. The molecule has 0 unspecified atom stereocenters. The Morgan fingerprint density at radius 2 is 2.09 bits per heavy atom. The molecule has 0 saturated carbocycles. The standard InChI is InChI=1S/C15H22N6O2/c1-15(2,3)21-12-10(7-16-21)13(23)19-14(18-12)17-9-5-6-11(22)20(4)8-9/h7,9H,5-6,8H2,1-4H3,(H2,17,18,19,23)/t9-/m0/s1. The predicted molar refractivity (Wildman–Crippen MR) is 87.4 cm³/mol. The second-order valence-corrected chi connectivity index (χ2v) is 7.03. The molecule has 3 heterocycles. The smallest absolute Gasteiger partial charge is 0.263 e. The van der Waals surface area contributed by atoms with Crippen LogP contribution < -0.4 is 10.9 Å². The van der Waals surface area contributed by atoms with E-state index in [0.717, 1.165) is 6.42 Å². The molecular formula is C15H22N6O2. The lowest BCUT2D eigenvalue weighted by Crippen LogP contribution is -2.43. The van der Waals surface area contributed by atoms with Gasteiger partial charge in [0.2, 0.25) is 11.9 Å². The first kappa shape index (κ1) is 15.5. The Morgan fingerprint density at radius 3 is 2.74 bits per heavy atom. The minimum atomic E-state index is -0.267. The van der Waals surface area contributed by atoms with Crippen molar-refractivity contribution in [1.82, 2.24) is 24.6 Å². The van der Waals surface area contributed by atoms with Crippen LogP contribution in [0.15, 0.2) is 11.0 Å². The summed E-state index contributed by atoms with van der Waals surface area (Å²) < 4.78 is 1.75. The molecule has 1 fully saturated rings. The number of likely N-dealkylation sites (tertiary alicyclic amines) is 1. The van der Waals surface area contributed by atoms with Crippen molar-refractivity contribution >= 4 is 22.9 Å². The molecule has 0 aliphatic carbocycles. The average Bonchev–Trinajstić information content (AvgIpc) is 2.87. The maximum absolute atomic E-state index is 12.2. The fourth-order valence-corrected chi connectivity index (χ4v) is 2.80. The van der Waals surface area contributed by atoms with Crippen LogP contribution in [0.25, 0.3) is 11.0 Å². The third kappa shape index (κ3) is 2.93. The summed E-state index contributed by atoms with van der Waals surface area (Å²) >= 11 is 0. The van der Waals surface area contributed by atoms with Crippen LogP contribution in [-0.4, -0.2) is 50.2 Å². The van der Waals surface area contributed by atoms with Gasteiger partial charge in [0, 0.05) is 26.1 Å². The summed E-state index contributed by atoms with van der Waals surface area (Å²) in [6, 6.07) is 0.0734. The molecule has 2 aromatic heterocycles. The van der Waals surface area contributed by atoms with E-state index in [4.69, 9.17) is 0 Å². The number of likely N-dealkylation sites (N-methyl/N-ethyl adjacent to an activating group) is 1. The van der Waals surface area contributed by atoms with Crippen molar-refractivity contribution in [2.24, 2.45) is 0 Å². The lowest BCUT2D eigenvalue weighted by atomic mass is 10.1. The van der Waals surface area contributed by atoms with E-state index in [1.165, 1.54) is 0 Å². The molecule has 1 aliphatic heterocycles. The lowest BCUT2D eigenvalue weighted by molar-refractivity contribution is -0.132. The Morgan fingerprint density at radius 1 is 1.35 bits per heavy atom. The highest BCUT2D eigenvalue weighted by atomic mass is 16.2. The van der Waals surface area contributed by atoms with E-state index >= 15 is 0 Å². The Balaban J connectivity index is 1.93. The highest BCUT2D eigenvalue weighted by Gasteiger charge is 2.24. The van der Waals surface area contributed by atoms with Crippen molar-refractivity contribution in [3.63, 3.8) is 0 Å². The Labute approximate surface area is 133 Å².